The van der Waals surface area contributed by atoms with Crippen LogP contribution in [0.4, 0.5) is 11.6 Å². The van der Waals surface area contributed by atoms with Gasteiger partial charge in [0.15, 0.2) is 0 Å². The lowest BCUT2D eigenvalue weighted by Gasteiger charge is -2.27. The van der Waals surface area contributed by atoms with Crippen molar-refractivity contribution in [2.75, 3.05) is 23.5 Å². The van der Waals surface area contributed by atoms with E-state index in [1.54, 1.807) is 6.07 Å². The monoisotopic (exact) mass is 253 g/mol. The number of aliphatic hydroxyl groups is 1. The molecule has 4 N–H and O–H groups in total. The molecule has 0 saturated carbocycles. The van der Waals surface area contributed by atoms with Crippen LogP contribution in [-0.2, 0) is 6.42 Å². The van der Waals surface area contributed by atoms with Crippen molar-refractivity contribution in [1.82, 2.24) is 9.97 Å². The summed E-state index contributed by atoms with van der Waals surface area (Å²) < 4.78 is 0. The van der Waals surface area contributed by atoms with Gasteiger partial charge in [-0.15, -0.1) is 0 Å². The number of nitrogen functional groups attached to an aromatic ring is 1. The zero-order valence-corrected chi connectivity index (χ0v) is 11.3. The third-order valence-corrected chi connectivity index (χ3v) is 2.64. The number of nitrogens with two attached hydrogens (primary N) is 1. The largest absolute Gasteiger partial charge is 0.395 e. The molecule has 0 radical (unpaired) electrons. The number of hydrogen-bond acceptors (Lipinski definition) is 6. The second-order valence-electron chi connectivity index (χ2n) is 4.43. The summed E-state index contributed by atoms with van der Waals surface area (Å²) in [6.07, 6.45) is 1.79. The number of aromatic nitrogens is 2. The molecule has 0 aliphatic heterocycles. The normalized spacial score (nSPS) is 10.8. The average Bonchev–Trinajstić information content (AvgIpc) is 2.35. The topological polar surface area (TPSA) is 87.3 Å². The molecular weight excluding hydrogens is 230 g/mol. The molecule has 102 valence electrons. The van der Waals surface area contributed by atoms with Crippen LogP contribution in [0.25, 0.3) is 0 Å². The Hall–Kier alpha value is -1.40. The fourth-order valence-electron chi connectivity index (χ4n) is 1.78. The van der Waals surface area contributed by atoms with E-state index in [0.717, 1.165) is 24.5 Å². The fourth-order valence-corrected chi connectivity index (χ4v) is 1.78. The van der Waals surface area contributed by atoms with Gasteiger partial charge in [0, 0.05) is 25.1 Å². The molecule has 0 spiro atoms. The second kappa shape index (κ2) is 7.13. The lowest BCUT2D eigenvalue weighted by molar-refractivity contribution is 0.298. The first-order valence-electron chi connectivity index (χ1n) is 6.34. The van der Waals surface area contributed by atoms with Gasteiger partial charge in [-0.1, -0.05) is 6.92 Å². The summed E-state index contributed by atoms with van der Waals surface area (Å²) >= 11 is 0. The molecule has 6 heteroatoms. The predicted molar refractivity (Wildman–Crippen MR) is 73.4 cm³/mol. The minimum Gasteiger partial charge on any atom is -0.395 e. The number of aryl methyl sites for hydroxylation is 1. The van der Waals surface area contributed by atoms with Gasteiger partial charge >= 0.3 is 0 Å². The third-order valence-electron chi connectivity index (χ3n) is 2.64. The van der Waals surface area contributed by atoms with Gasteiger partial charge < -0.3 is 15.4 Å². The van der Waals surface area contributed by atoms with Crippen molar-refractivity contribution in [3.63, 3.8) is 0 Å². The highest BCUT2D eigenvalue weighted by Crippen LogP contribution is 2.18. The minimum absolute atomic E-state index is 0.0939. The van der Waals surface area contributed by atoms with Gasteiger partial charge in [-0.25, -0.2) is 15.8 Å². The molecule has 0 bridgehead atoms. The molecule has 0 aromatic carbocycles. The number of hydrogen-bond donors (Lipinski definition) is 3. The molecule has 0 amide bonds. The lowest BCUT2D eigenvalue weighted by Crippen LogP contribution is -2.34. The molecule has 0 aliphatic carbocycles. The van der Waals surface area contributed by atoms with Gasteiger partial charge in [-0.2, -0.15) is 0 Å². The maximum atomic E-state index is 9.12. The van der Waals surface area contributed by atoms with Crippen LogP contribution >= 0.6 is 0 Å². The molecule has 1 rings (SSSR count). The van der Waals surface area contributed by atoms with Crippen LogP contribution in [0.5, 0.6) is 0 Å². The Morgan fingerprint density at radius 2 is 2.17 bits per heavy atom. The predicted octanol–water partition coefficient (Wildman–Crippen LogP) is 0.922. The minimum atomic E-state index is 0.0939. The number of aliphatic hydroxyl groups excluding tert-OH is 1. The summed E-state index contributed by atoms with van der Waals surface area (Å²) in [4.78, 5) is 10.9. The highest BCUT2D eigenvalue weighted by molar-refractivity contribution is 5.49. The van der Waals surface area contributed by atoms with E-state index in [1.807, 2.05) is 4.90 Å². The van der Waals surface area contributed by atoms with Crippen molar-refractivity contribution in [3.05, 3.63) is 11.9 Å². The van der Waals surface area contributed by atoms with E-state index in [4.69, 9.17) is 10.9 Å². The smallest absolute Gasteiger partial charge is 0.145 e. The number of nitrogens with one attached hydrogen (secondary N) is 1. The molecule has 1 aromatic rings. The van der Waals surface area contributed by atoms with E-state index >= 15 is 0 Å². The fraction of sp³-hybridized carbons (Fsp3) is 0.667. The first-order chi connectivity index (χ1) is 8.62. The van der Waals surface area contributed by atoms with Crippen molar-refractivity contribution in [1.29, 1.82) is 0 Å². The number of nitrogens with zero attached hydrogens (tertiary/aromatic N) is 3. The molecule has 6 nitrogen and oxygen atoms in total. The maximum absolute atomic E-state index is 9.12. The molecule has 0 unspecified atom stereocenters. The van der Waals surface area contributed by atoms with Gasteiger partial charge in [0.25, 0.3) is 0 Å². The van der Waals surface area contributed by atoms with Crippen molar-refractivity contribution in [2.45, 2.75) is 39.7 Å². The Labute approximate surface area is 108 Å². The van der Waals surface area contributed by atoms with Gasteiger partial charge in [0.2, 0.25) is 0 Å². The molecule has 0 aliphatic rings. The standard InChI is InChI=1S/C12H23N5O/c1-4-5-10-14-11(16-13)8-12(15-10)17(6-7-18)9(2)3/h8-9,18H,4-7,13H2,1-3H3,(H,14,15,16). The lowest BCUT2D eigenvalue weighted by atomic mass is 10.3. The highest BCUT2D eigenvalue weighted by atomic mass is 16.3. The first-order valence-corrected chi connectivity index (χ1v) is 6.34. The Morgan fingerprint density at radius 1 is 1.44 bits per heavy atom. The van der Waals surface area contributed by atoms with Crippen LogP contribution in [0.1, 0.15) is 33.0 Å². The zero-order chi connectivity index (χ0) is 13.5. The summed E-state index contributed by atoms with van der Waals surface area (Å²) in [7, 11) is 0. The van der Waals surface area contributed by atoms with Crippen LogP contribution < -0.4 is 16.2 Å². The van der Waals surface area contributed by atoms with E-state index in [1.165, 1.54) is 0 Å². The van der Waals surface area contributed by atoms with Crippen LogP contribution in [0.15, 0.2) is 6.07 Å². The van der Waals surface area contributed by atoms with E-state index in [0.29, 0.717) is 12.4 Å². The molecular formula is C12H23N5O. The number of rotatable bonds is 7. The molecule has 0 atom stereocenters. The van der Waals surface area contributed by atoms with Crippen molar-refractivity contribution in [3.8, 4) is 0 Å². The summed E-state index contributed by atoms with van der Waals surface area (Å²) in [5.74, 6) is 7.60. The van der Waals surface area contributed by atoms with Crippen LogP contribution in [-0.4, -0.2) is 34.3 Å². The van der Waals surface area contributed by atoms with E-state index in [2.05, 4.69) is 36.2 Å². The first kappa shape index (κ1) is 14.7. The number of anilines is 2. The molecule has 0 saturated heterocycles. The zero-order valence-electron chi connectivity index (χ0n) is 11.3. The van der Waals surface area contributed by atoms with Crippen LogP contribution in [0.2, 0.25) is 0 Å². The summed E-state index contributed by atoms with van der Waals surface area (Å²) in [5, 5.41) is 9.12. The molecule has 18 heavy (non-hydrogen) atoms. The van der Waals surface area contributed by atoms with Gasteiger partial charge in [-0.3, -0.25) is 0 Å². The molecule has 1 aromatic heterocycles. The Balaban J connectivity index is 3.07. The highest BCUT2D eigenvalue weighted by Gasteiger charge is 2.13. The van der Waals surface area contributed by atoms with Gasteiger partial charge in [0.1, 0.15) is 17.5 Å². The van der Waals surface area contributed by atoms with Crippen LogP contribution in [0.3, 0.4) is 0 Å². The van der Waals surface area contributed by atoms with E-state index in [-0.39, 0.29) is 12.6 Å². The average molecular weight is 253 g/mol. The Morgan fingerprint density at radius 3 is 2.67 bits per heavy atom. The summed E-state index contributed by atoms with van der Waals surface area (Å²) in [6.45, 7) is 6.85. The van der Waals surface area contributed by atoms with Gasteiger partial charge in [0.05, 0.1) is 6.61 Å². The van der Waals surface area contributed by atoms with Crippen molar-refractivity contribution >= 4 is 11.6 Å². The quantitative estimate of drug-likeness (QED) is 0.495. The van der Waals surface area contributed by atoms with Crippen molar-refractivity contribution < 1.29 is 5.11 Å². The molecule has 0 fully saturated rings. The second-order valence-corrected chi connectivity index (χ2v) is 4.43. The summed E-state index contributed by atoms with van der Waals surface area (Å²) in [5.41, 5.74) is 2.56. The van der Waals surface area contributed by atoms with Gasteiger partial charge in [-0.05, 0) is 20.3 Å². The SMILES string of the molecule is CCCc1nc(NN)cc(N(CCO)C(C)C)n1. The third kappa shape index (κ3) is 3.82. The maximum Gasteiger partial charge on any atom is 0.145 e. The Kier molecular flexibility index (Phi) is 5.80. The van der Waals surface area contributed by atoms with E-state index < -0.39 is 0 Å². The van der Waals surface area contributed by atoms with Crippen LogP contribution in [0, 0.1) is 0 Å². The Bertz CT molecular complexity index is 369. The van der Waals surface area contributed by atoms with Crippen molar-refractivity contribution in [2.24, 2.45) is 5.84 Å². The molecule has 1 heterocycles. The number of hydrazine groups is 1. The van der Waals surface area contributed by atoms with E-state index in [9.17, 15) is 0 Å². The summed E-state index contributed by atoms with van der Waals surface area (Å²) in [6, 6.07) is 2.06.